The van der Waals surface area contributed by atoms with Crippen molar-refractivity contribution in [3.8, 4) is 0 Å². The summed E-state index contributed by atoms with van der Waals surface area (Å²) >= 11 is 0. The van der Waals surface area contributed by atoms with Crippen molar-refractivity contribution in [3.63, 3.8) is 0 Å². The molecular formula is C20H20N2O4. The van der Waals surface area contributed by atoms with E-state index in [0.29, 0.717) is 6.54 Å². The van der Waals surface area contributed by atoms with Crippen LogP contribution in [0.15, 0.2) is 54.6 Å². The van der Waals surface area contributed by atoms with Gasteiger partial charge in [-0.1, -0.05) is 48.0 Å². The Morgan fingerprint density at radius 3 is 2.46 bits per heavy atom. The average molecular weight is 352 g/mol. The summed E-state index contributed by atoms with van der Waals surface area (Å²) in [6.45, 7) is 2.78. The minimum atomic E-state index is -0.573. The second-order valence-corrected chi connectivity index (χ2v) is 6.52. The van der Waals surface area contributed by atoms with Crippen LogP contribution in [-0.4, -0.2) is 36.7 Å². The van der Waals surface area contributed by atoms with Gasteiger partial charge in [-0.05, 0) is 24.6 Å². The Kier molecular flexibility index (Phi) is 4.34. The number of hydrogen-bond acceptors (Lipinski definition) is 5. The van der Waals surface area contributed by atoms with Crippen molar-refractivity contribution in [2.24, 2.45) is 5.92 Å². The molecule has 6 nitrogen and oxygen atoms in total. The molecule has 2 aromatic carbocycles. The highest BCUT2D eigenvalue weighted by Crippen LogP contribution is 2.40. The molecule has 2 atom stereocenters. The number of aryl methyl sites for hydroxylation is 1. The summed E-state index contributed by atoms with van der Waals surface area (Å²) in [6, 6.07) is 17.4. The molecule has 0 radical (unpaired) electrons. The first kappa shape index (κ1) is 16.6. The Labute approximate surface area is 151 Å². The van der Waals surface area contributed by atoms with Crippen molar-refractivity contribution < 1.29 is 19.2 Å². The van der Waals surface area contributed by atoms with Gasteiger partial charge in [0.05, 0.1) is 30.8 Å². The lowest BCUT2D eigenvalue weighted by atomic mass is 9.92. The number of carbonyl (C=O) groups excluding carboxylic acids is 2. The van der Waals surface area contributed by atoms with Crippen LogP contribution in [0.25, 0.3) is 0 Å². The highest BCUT2D eigenvalue weighted by molar-refractivity contribution is 5.95. The van der Waals surface area contributed by atoms with Gasteiger partial charge < -0.3 is 4.74 Å². The van der Waals surface area contributed by atoms with E-state index >= 15 is 0 Å². The number of benzene rings is 2. The van der Waals surface area contributed by atoms with Crippen molar-refractivity contribution in [1.82, 2.24) is 4.90 Å². The normalized spacial score (nSPS) is 22.6. The van der Waals surface area contributed by atoms with Gasteiger partial charge in [-0.3, -0.25) is 9.63 Å². The number of ether oxygens (including phenoxy) is 1. The summed E-state index contributed by atoms with van der Waals surface area (Å²) in [5.74, 6) is -0.736. The van der Waals surface area contributed by atoms with Crippen molar-refractivity contribution >= 4 is 17.7 Å². The molecule has 2 aliphatic rings. The van der Waals surface area contributed by atoms with E-state index in [4.69, 9.17) is 9.57 Å². The summed E-state index contributed by atoms with van der Waals surface area (Å²) < 4.78 is 4.93. The maximum Gasteiger partial charge on any atom is 0.416 e. The maximum absolute atomic E-state index is 13.0. The van der Waals surface area contributed by atoms with Crippen LogP contribution in [0.2, 0.25) is 0 Å². The molecule has 0 unspecified atom stereocenters. The molecule has 0 aliphatic carbocycles. The lowest BCUT2D eigenvalue weighted by molar-refractivity contribution is -0.132. The minimum absolute atomic E-state index is 0.218. The Morgan fingerprint density at radius 1 is 1.08 bits per heavy atom. The molecule has 2 amide bonds. The fraction of sp³-hybridized carbons (Fsp3) is 0.300. The van der Waals surface area contributed by atoms with E-state index in [-0.39, 0.29) is 25.2 Å². The smallest absolute Gasteiger partial charge is 0.416 e. The highest BCUT2D eigenvalue weighted by atomic mass is 16.7. The van der Waals surface area contributed by atoms with Gasteiger partial charge in [0.2, 0.25) is 5.91 Å². The molecule has 26 heavy (non-hydrogen) atoms. The number of nitrogens with zero attached hydrogens (tertiary/aromatic N) is 2. The predicted molar refractivity (Wildman–Crippen MR) is 95.3 cm³/mol. The molecule has 134 valence electrons. The topological polar surface area (TPSA) is 59.1 Å². The standard InChI is InChI=1S/C20H20N2O4/c1-14-7-9-15(10-8-14)18-17(19(23)21-11-12-25-20(21)24)13-26-22(18)16-5-3-2-4-6-16/h2-10,17-18H,11-13H2,1H3/t17-,18+/m1/s1. The zero-order valence-electron chi connectivity index (χ0n) is 14.5. The number of cyclic esters (lactones) is 1. The van der Waals surface area contributed by atoms with Crippen molar-refractivity contribution in [3.05, 3.63) is 65.7 Å². The quantitative estimate of drug-likeness (QED) is 0.850. The number of hydrogen-bond donors (Lipinski definition) is 0. The van der Waals surface area contributed by atoms with Crippen LogP contribution in [0.4, 0.5) is 10.5 Å². The van der Waals surface area contributed by atoms with Crippen LogP contribution >= 0.6 is 0 Å². The fourth-order valence-electron chi connectivity index (χ4n) is 3.44. The van der Waals surface area contributed by atoms with E-state index in [1.165, 1.54) is 4.90 Å². The molecule has 0 spiro atoms. The molecular weight excluding hydrogens is 332 g/mol. The van der Waals surface area contributed by atoms with Crippen LogP contribution in [0, 0.1) is 12.8 Å². The first-order valence-corrected chi connectivity index (χ1v) is 8.67. The predicted octanol–water partition coefficient (Wildman–Crippen LogP) is 3.08. The van der Waals surface area contributed by atoms with Crippen molar-refractivity contribution in [1.29, 1.82) is 0 Å². The van der Waals surface area contributed by atoms with Crippen LogP contribution < -0.4 is 5.06 Å². The number of para-hydroxylation sites is 1. The van der Waals surface area contributed by atoms with Gasteiger partial charge >= 0.3 is 6.09 Å². The zero-order chi connectivity index (χ0) is 18.1. The van der Waals surface area contributed by atoms with Gasteiger partial charge in [0.1, 0.15) is 6.61 Å². The van der Waals surface area contributed by atoms with Crippen LogP contribution in [-0.2, 0) is 14.4 Å². The Bertz CT molecular complexity index is 806. The lowest BCUT2D eigenvalue weighted by Gasteiger charge is -2.28. The third kappa shape index (κ3) is 2.93. The number of hydroxylamine groups is 1. The summed E-state index contributed by atoms with van der Waals surface area (Å²) in [5.41, 5.74) is 2.99. The molecule has 2 aromatic rings. The monoisotopic (exact) mass is 352 g/mol. The zero-order valence-corrected chi connectivity index (χ0v) is 14.5. The van der Waals surface area contributed by atoms with Gasteiger partial charge in [0, 0.05) is 0 Å². The first-order valence-electron chi connectivity index (χ1n) is 8.67. The van der Waals surface area contributed by atoms with Gasteiger partial charge in [-0.15, -0.1) is 0 Å². The van der Waals surface area contributed by atoms with E-state index in [2.05, 4.69) is 0 Å². The van der Waals surface area contributed by atoms with Crippen molar-refractivity contribution in [2.75, 3.05) is 24.8 Å². The number of amides is 2. The second-order valence-electron chi connectivity index (χ2n) is 6.52. The first-order chi connectivity index (χ1) is 12.6. The molecule has 0 saturated carbocycles. The van der Waals surface area contributed by atoms with Gasteiger partial charge in [-0.25, -0.2) is 14.8 Å². The molecule has 4 rings (SSSR count). The molecule has 2 heterocycles. The summed E-state index contributed by atoms with van der Waals surface area (Å²) in [7, 11) is 0. The van der Waals surface area contributed by atoms with Crippen LogP contribution in [0.1, 0.15) is 17.2 Å². The molecule has 0 aromatic heterocycles. The van der Waals surface area contributed by atoms with E-state index < -0.39 is 12.0 Å². The van der Waals surface area contributed by atoms with E-state index in [1.807, 2.05) is 61.5 Å². The van der Waals surface area contributed by atoms with E-state index in [9.17, 15) is 9.59 Å². The molecule has 0 bridgehead atoms. The number of rotatable bonds is 3. The highest BCUT2D eigenvalue weighted by Gasteiger charge is 2.45. The molecule has 2 saturated heterocycles. The molecule has 6 heteroatoms. The summed E-state index contributed by atoms with van der Waals surface area (Å²) in [5, 5.41) is 1.77. The van der Waals surface area contributed by atoms with Crippen molar-refractivity contribution in [2.45, 2.75) is 13.0 Å². The fourth-order valence-corrected chi connectivity index (χ4v) is 3.44. The summed E-state index contributed by atoms with van der Waals surface area (Å²) in [4.78, 5) is 31.9. The van der Waals surface area contributed by atoms with Crippen LogP contribution in [0.3, 0.4) is 0 Å². The second kappa shape index (κ2) is 6.80. The molecule has 2 fully saturated rings. The number of imide groups is 1. The largest absolute Gasteiger partial charge is 0.447 e. The lowest BCUT2D eigenvalue weighted by Crippen LogP contribution is -2.40. The van der Waals surface area contributed by atoms with E-state index in [0.717, 1.165) is 16.8 Å². The number of carbonyl (C=O) groups is 2. The Balaban J connectivity index is 1.70. The van der Waals surface area contributed by atoms with Gasteiger partial charge in [-0.2, -0.15) is 0 Å². The minimum Gasteiger partial charge on any atom is -0.447 e. The number of anilines is 1. The maximum atomic E-state index is 13.0. The van der Waals surface area contributed by atoms with E-state index in [1.54, 1.807) is 5.06 Å². The Hall–Kier alpha value is -2.86. The SMILES string of the molecule is Cc1ccc([C@H]2[C@H](C(=O)N3CCOC3=O)CON2c2ccccc2)cc1. The third-order valence-electron chi connectivity index (χ3n) is 4.80. The average Bonchev–Trinajstić information content (AvgIpc) is 3.29. The summed E-state index contributed by atoms with van der Waals surface area (Å²) in [6.07, 6.45) is -0.573. The van der Waals surface area contributed by atoms with Gasteiger partial charge in [0.25, 0.3) is 0 Å². The molecule has 2 aliphatic heterocycles. The van der Waals surface area contributed by atoms with Gasteiger partial charge in [0.15, 0.2) is 0 Å². The Morgan fingerprint density at radius 2 is 1.81 bits per heavy atom. The molecule has 0 N–H and O–H groups in total. The third-order valence-corrected chi connectivity index (χ3v) is 4.80. The van der Waals surface area contributed by atoms with Crippen LogP contribution in [0.5, 0.6) is 0 Å².